The average Bonchev–Trinajstić information content (AvgIpc) is 2.62. The Hall–Kier alpha value is -0.470. The first-order valence-electron chi connectivity index (χ1n) is 4.82. The van der Waals surface area contributed by atoms with E-state index in [2.05, 4.69) is 5.92 Å². The maximum atomic E-state index is 11.6. The van der Waals surface area contributed by atoms with Gasteiger partial charge in [0.15, 0.2) is 11.1 Å². The number of hydrogen-bond donors (Lipinski definition) is 0. The minimum Gasteiger partial charge on any atom is -0.348 e. The van der Waals surface area contributed by atoms with E-state index in [0.717, 1.165) is 0 Å². The molecule has 2 atom stereocenters. The molecule has 4 nitrogen and oxygen atoms in total. The maximum absolute atomic E-state index is 11.6. The van der Waals surface area contributed by atoms with Crippen LogP contribution in [0.1, 0.15) is 6.92 Å². The number of rotatable bonds is 4. The van der Waals surface area contributed by atoms with E-state index in [1.165, 1.54) is 4.90 Å². The van der Waals surface area contributed by atoms with Gasteiger partial charge in [-0.1, -0.05) is 29.1 Å². The Morgan fingerprint density at radius 1 is 1.69 bits per heavy atom. The molecule has 1 heterocycles. The molecule has 1 saturated heterocycles. The lowest BCUT2D eigenvalue weighted by Crippen LogP contribution is -2.41. The molecular weight excluding hydrogens is 253 g/mol. The molecule has 0 bridgehead atoms. The van der Waals surface area contributed by atoms with Crippen LogP contribution in [0.25, 0.3) is 0 Å². The van der Waals surface area contributed by atoms with Crippen LogP contribution < -0.4 is 0 Å². The SMILES string of the molecule is C#CCN(CC1OCC(C)O1)C(=O)C(Cl)Cl. The molecule has 0 aromatic rings. The van der Waals surface area contributed by atoms with Gasteiger partial charge in [0.2, 0.25) is 0 Å². The first-order chi connectivity index (χ1) is 7.54. The fraction of sp³-hybridized carbons (Fsp3) is 0.700. The minimum atomic E-state index is -1.12. The summed E-state index contributed by atoms with van der Waals surface area (Å²) in [6, 6.07) is 0. The van der Waals surface area contributed by atoms with Gasteiger partial charge in [-0.15, -0.1) is 6.42 Å². The predicted octanol–water partition coefficient (Wildman–Crippen LogP) is 1.01. The lowest BCUT2D eigenvalue weighted by atomic mass is 10.4. The summed E-state index contributed by atoms with van der Waals surface area (Å²) in [6.45, 7) is 2.77. The third kappa shape index (κ3) is 3.84. The molecule has 0 saturated carbocycles. The normalized spacial score (nSPS) is 24.4. The van der Waals surface area contributed by atoms with Crippen LogP contribution in [-0.2, 0) is 14.3 Å². The minimum absolute atomic E-state index is 0.0237. The summed E-state index contributed by atoms with van der Waals surface area (Å²) in [5.41, 5.74) is 0. The molecule has 0 spiro atoms. The summed E-state index contributed by atoms with van der Waals surface area (Å²) < 4.78 is 10.7. The van der Waals surface area contributed by atoms with Crippen LogP contribution in [0, 0.1) is 12.3 Å². The van der Waals surface area contributed by atoms with Crippen LogP contribution in [0.15, 0.2) is 0 Å². The fourth-order valence-corrected chi connectivity index (χ4v) is 1.61. The molecule has 16 heavy (non-hydrogen) atoms. The van der Waals surface area contributed by atoms with Crippen molar-refractivity contribution < 1.29 is 14.3 Å². The van der Waals surface area contributed by atoms with Crippen LogP contribution in [0.4, 0.5) is 0 Å². The van der Waals surface area contributed by atoms with Gasteiger partial charge in [-0.3, -0.25) is 4.79 Å². The van der Waals surface area contributed by atoms with Gasteiger partial charge in [0, 0.05) is 0 Å². The van der Waals surface area contributed by atoms with Crippen LogP contribution in [0.3, 0.4) is 0 Å². The van der Waals surface area contributed by atoms with E-state index in [1.807, 2.05) is 6.92 Å². The van der Waals surface area contributed by atoms with Crippen molar-refractivity contribution in [3.05, 3.63) is 0 Å². The van der Waals surface area contributed by atoms with Crippen molar-refractivity contribution in [2.75, 3.05) is 19.7 Å². The highest BCUT2D eigenvalue weighted by molar-refractivity contribution is 6.53. The summed E-state index contributed by atoms with van der Waals surface area (Å²) in [5.74, 6) is 1.93. The first kappa shape index (κ1) is 13.6. The molecule has 90 valence electrons. The zero-order valence-electron chi connectivity index (χ0n) is 8.86. The zero-order chi connectivity index (χ0) is 12.1. The van der Waals surface area contributed by atoms with E-state index in [0.29, 0.717) is 6.61 Å². The van der Waals surface area contributed by atoms with Gasteiger partial charge in [-0.25, -0.2) is 0 Å². The van der Waals surface area contributed by atoms with E-state index in [1.54, 1.807) is 0 Å². The van der Waals surface area contributed by atoms with Crippen molar-refractivity contribution in [1.29, 1.82) is 0 Å². The van der Waals surface area contributed by atoms with Crippen molar-refractivity contribution in [3.8, 4) is 12.3 Å². The van der Waals surface area contributed by atoms with E-state index in [4.69, 9.17) is 39.1 Å². The number of halogens is 2. The van der Waals surface area contributed by atoms with Crippen molar-refractivity contribution in [1.82, 2.24) is 4.90 Å². The topological polar surface area (TPSA) is 38.8 Å². The molecule has 0 aliphatic carbocycles. The molecule has 1 rings (SSSR count). The highest BCUT2D eigenvalue weighted by Crippen LogP contribution is 2.14. The Morgan fingerprint density at radius 2 is 2.38 bits per heavy atom. The van der Waals surface area contributed by atoms with Gasteiger partial charge in [0.25, 0.3) is 5.91 Å². The van der Waals surface area contributed by atoms with Crippen molar-refractivity contribution in [3.63, 3.8) is 0 Å². The number of amides is 1. The lowest BCUT2D eigenvalue weighted by molar-refractivity contribution is -0.135. The maximum Gasteiger partial charge on any atom is 0.256 e. The number of hydrogen-bond acceptors (Lipinski definition) is 3. The Bertz CT molecular complexity index is 290. The van der Waals surface area contributed by atoms with Crippen molar-refractivity contribution in [2.24, 2.45) is 0 Å². The van der Waals surface area contributed by atoms with Gasteiger partial charge in [0.05, 0.1) is 25.8 Å². The van der Waals surface area contributed by atoms with E-state index in [-0.39, 0.29) is 19.2 Å². The molecule has 1 aliphatic rings. The quantitative estimate of drug-likeness (QED) is 0.563. The zero-order valence-corrected chi connectivity index (χ0v) is 10.4. The fourth-order valence-electron chi connectivity index (χ4n) is 1.34. The number of terminal acetylenes is 1. The summed E-state index contributed by atoms with van der Waals surface area (Å²) in [6.07, 6.45) is 4.72. The third-order valence-corrected chi connectivity index (χ3v) is 2.42. The van der Waals surface area contributed by atoms with Crippen LogP contribution in [0.2, 0.25) is 0 Å². The molecule has 1 amide bonds. The third-order valence-electron chi connectivity index (χ3n) is 2.05. The second-order valence-electron chi connectivity index (χ2n) is 3.43. The first-order valence-corrected chi connectivity index (χ1v) is 5.69. The molecule has 0 radical (unpaired) electrons. The molecule has 0 N–H and O–H groups in total. The molecule has 1 fully saturated rings. The largest absolute Gasteiger partial charge is 0.348 e. The second kappa shape index (κ2) is 6.31. The summed E-state index contributed by atoms with van der Waals surface area (Å²) in [7, 11) is 0. The number of nitrogens with zero attached hydrogens (tertiary/aromatic N) is 1. The number of alkyl halides is 2. The molecular formula is C10H13Cl2NO3. The van der Waals surface area contributed by atoms with Crippen molar-refractivity contribution >= 4 is 29.1 Å². The highest BCUT2D eigenvalue weighted by atomic mass is 35.5. The molecule has 0 aromatic carbocycles. The number of carbonyl (C=O) groups is 1. The molecule has 2 unspecified atom stereocenters. The van der Waals surface area contributed by atoms with Gasteiger partial charge >= 0.3 is 0 Å². The molecule has 0 aromatic heterocycles. The molecule has 1 aliphatic heterocycles. The smallest absolute Gasteiger partial charge is 0.256 e. The predicted molar refractivity (Wildman–Crippen MR) is 61.2 cm³/mol. The summed E-state index contributed by atoms with van der Waals surface area (Å²) in [4.78, 5) is 11.8. The summed E-state index contributed by atoms with van der Waals surface area (Å²) in [5, 5.41) is 0. The lowest BCUT2D eigenvalue weighted by Gasteiger charge is -2.23. The Balaban J connectivity index is 2.51. The van der Waals surface area contributed by atoms with Gasteiger partial charge in [-0.2, -0.15) is 0 Å². The van der Waals surface area contributed by atoms with Gasteiger partial charge < -0.3 is 14.4 Å². The number of carbonyl (C=O) groups excluding carboxylic acids is 1. The second-order valence-corrected chi connectivity index (χ2v) is 4.53. The highest BCUT2D eigenvalue weighted by Gasteiger charge is 2.28. The average molecular weight is 266 g/mol. The number of ether oxygens (including phenoxy) is 2. The van der Waals surface area contributed by atoms with Gasteiger partial charge in [0.1, 0.15) is 0 Å². The van der Waals surface area contributed by atoms with E-state index in [9.17, 15) is 4.79 Å². The summed E-state index contributed by atoms with van der Waals surface area (Å²) >= 11 is 11.0. The van der Waals surface area contributed by atoms with Crippen LogP contribution >= 0.6 is 23.2 Å². The Labute approximate surface area is 105 Å². The Morgan fingerprint density at radius 3 is 2.81 bits per heavy atom. The monoisotopic (exact) mass is 265 g/mol. The van der Waals surface area contributed by atoms with Gasteiger partial charge in [-0.05, 0) is 6.92 Å². The Kier molecular flexibility index (Phi) is 5.36. The van der Waals surface area contributed by atoms with E-state index >= 15 is 0 Å². The van der Waals surface area contributed by atoms with Crippen molar-refractivity contribution in [2.45, 2.75) is 24.2 Å². The molecule has 6 heteroatoms. The van der Waals surface area contributed by atoms with Crippen LogP contribution in [-0.4, -0.2) is 47.7 Å². The van der Waals surface area contributed by atoms with E-state index < -0.39 is 17.0 Å². The standard InChI is InChI=1S/C10H13Cl2NO3/c1-3-4-13(10(14)9(11)12)5-8-15-6-7(2)16-8/h1,7-9H,4-6H2,2H3. The van der Waals surface area contributed by atoms with Crippen LogP contribution in [0.5, 0.6) is 0 Å².